The zero-order valence-corrected chi connectivity index (χ0v) is 15.8. The van der Waals surface area contributed by atoms with Crippen LogP contribution in [0.5, 0.6) is 0 Å². The second-order valence-corrected chi connectivity index (χ2v) is 6.48. The lowest BCUT2D eigenvalue weighted by Gasteiger charge is -2.34. The number of nitrogens with zero attached hydrogens (tertiary/aromatic N) is 2. The summed E-state index contributed by atoms with van der Waals surface area (Å²) in [6, 6.07) is 9.33. The van der Waals surface area contributed by atoms with Gasteiger partial charge in [0.15, 0.2) is 0 Å². The molecule has 1 aromatic heterocycles. The summed E-state index contributed by atoms with van der Waals surface area (Å²) in [7, 11) is 0. The van der Waals surface area contributed by atoms with Gasteiger partial charge in [-0.25, -0.2) is 4.98 Å². The van der Waals surface area contributed by atoms with Crippen LogP contribution in [0.3, 0.4) is 0 Å². The molecule has 2 N–H and O–H groups in total. The van der Waals surface area contributed by atoms with Crippen LogP contribution in [0.25, 0.3) is 10.9 Å². The third kappa shape index (κ3) is 4.51. The average molecular weight is 391 g/mol. The normalized spacial score (nSPS) is 18.5. The fourth-order valence-electron chi connectivity index (χ4n) is 3.00. The molecule has 4 nitrogen and oxygen atoms in total. The lowest BCUT2D eigenvalue weighted by Crippen LogP contribution is -2.45. The first-order valence-electron chi connectivity index (χ1n) is 7.66. The van der Waals surface area contributed by atoms with E-state index in [0.29, 0.717) is 23.2 Å². The number of pyridine rings is 1. The summed E-state index contributed by atoms with van der Waals surface area (Å²) in [4.78, 5) is 19.0. The van der Waals surface area contributed by atoms with Crippen molar-refractivity contribution in [3.8, 4) is 0 Å². The van der Waals surface area contributed by atoms with Gasteiger partial charge in [0.2, 0.25) is 0 Å². The van der Waals surface area contributed by atoms with Gasteiger partial charge in [0.1, 0.15) is 5.69 Å². The number of rotatable bonds is 2. The summed E-state index contributed by atoms with van der Waals surface area (Å²) in [5, 5.41) is 1.60. The van der Waals surface area contributed by atoms with E-state index in [-0.39, 0.29) is 36.8 Å². The van der Waals surface area contributed by atoms with E-state index in [4.69, 9.17) is 17.3 Å². The summed E-state index contributed by atoms with van der Waals surface area (Å²) < 4.78 is 0. The predicted molar refractivity (Wildman–Crippen MR) is 104 cm³/mol. The molecule has 0 radical (unpaired) electrons. The van der Waals surface area contributed by atoms with Crippen molar-refractivity contribution >= 4 is 53.2 Å². The SMILES string of the molecule is CC(N)C1CCCN(C(=O)c2ccc3ccc(Cl)cc3n2)C1.Cl.Cl. The van der Waals surface area contributed by atoms with Crippen LogP contribution >= 0.6 is 36.4 Å². The maximum atomic E-state index is 12.7. The smallest absolute Gasteiger partial charge is 0.272 e. The van der Waals surface area contributed by atoms with Crippen molar-refractivity contribution in [2.75, 3.05) is 13.1 Å². The summed E-state index contributed by atoms with van der Waals surface area (Å²) >= 11 is 6.00. The van der Waals surface area contributed by atoms with Crippen molar-refractivity contribution in [1.29, 1.82) is 0 Å². The van der Waals surface area contributed by atoms with Crippen LogP contribution in [-0.4, -0.2) is 34.9 Å². The van der Waals surface area contributed by atoms with Crippen LogP contribution in [0.2, 0.25) is 5.02 Å². The van der Waals surface area contributed by atoms with E-state index in [1.807, 2.05) is 30.0 Å². The van der Waals surface area contributed by atoms with E-state index in [2.05, 4.69) is 4.98 Å². The molecule has 3 rings (SSSR count). The van der Waals surface area contributed by atoms with E-state index in [1.54, 1.807) is 12.1 Å². The predicted octanol–water partition coefficient (Wildman–Crippen LogP) is 3.93. The molecule has 2 aromatic rings. The number of nitrogens with two attached hydrogens (primary N) is 1. The molecule has 132 valence electrons. The van der Waals surface area contributed by atoms with Gasteiger partial charge in [-0.15, -0.1) is 24.8 Å². The minimum absolute atomic E-state index is 0. The molecule has 1 aliphatic rings. The first kappa shape index (κ1) is 21.0. The highest BCUT2D eigenvalue weighted by Gasteiger charge is 2.27. The van der Waals surface area contributed by atoms with Gasteiger partial charge in [-0.2, -0.15) is 0 Å². The third-order valence-corrected chi connectivity index (χ3v) is 4.60. The van der Waals surface area contributed by atoms with Gasteiger partial charge in [0.25, 0.3) is 5.91 Å². The highest BCUT2D eigenvalue weighted by atomic mass is 35.5. The Kier molecular flexibility index (Phi) is 7.74. The number of carbonyl (C=O) groups is 1. The number of likely N-dealkylation sites (tertiary alicyclic amines) is 1. The van der Waals surface area contributed by atoms with Gasteiger partial charge < -0.3 is 10.6 Å². The van der Waals surface area contributed by atoms with Crippen molar-refractivity contribution in [3.05, 3.63) is 41.0 Å². The van der Waals surface area contributed by atoms with Crippen LogP contribution in [0.15, 0.2) is 30.3 Å². The maximum absolute atomic E-state index is 12.7. The monoisotopic (exact) mass is 389 g/mol. The quantitative estimate of drug-likeness (QED) is 0.845. The number of fused-ring (bicyclic) bond motifs is 1. The van der Waals surface area contributed by atoms with Crippen LogP contribution in [0.4, 0.5) is 0 Å². The lowest BCUT2D eigenvalue weighted by molar-refractivity contribution is 0.0655. The highest BCUT2D eigenvalue weighted by Crippen LogP contribution is 2.22. The van der Waals surface area contributed by atoms with Crippen molar-refractivity contribution in [2.45, 2.75) is 25.8 Å². The Bertz CT molecular complexity index is 709. The van der Waals surface area contributed by atoms with Crippen LogP contribution < -0.4 is 5.73 Å². The molecule has 0 aliphatic carbocycles. The average Bonchev–Trinajstić information content (AvgIpc) is 2.53. The molecule has 1 amide bonds. The third-order valence-electron chi connectivity index (χ3n) is 4.36. The first-order valence-corrected chi connectivity index (χ1v) is 8.03. The summed E-state index contributed by atoms with van der Waals surface area (Å²) in [5.41, 5.74) is 7.21. The zero-order chi connectivity index (χ0) is 15.7. The molecule has 7 heteroatoms. The van der Waals surface area contributed by atoms with Crippen molar-refractivity contribution < 1.29 is 4.79 Å². The number of aromatic nitrogens is 1. The van der Waals surface area contributed by atoms with Gasteiger partial charge in [-0.05, 0) is 43.9 Å². The van der Waals surface area contributed by atoms with E-state index in [1.165, 1.54) is 0 Å². The fraction of sp³-hybridized carbons (Fsp3) is 0.412. The zero-order valence-electron chi connectivity index (χ0n) is 13.4. The Morgan fingerprint density at radius 2 is 2.04 bits per heavy atom. The van der Waals surface area contributed by atoms with Gasteiger partial charge >= 0.3 is 0 Å². The summed E-state index contributed by atoms with van der Waals surface area (Å²) in [6.07, 6.45) is 2.08. The number of hydrogen-bond acceptors (Lipinski definition) is 3. The number of halogens is 3. The van der Waals surface area contributed by atoms with E-state index < -0.39 is 0 Å². The van der Waals surface area contributed by atoms with Crippen LogP contribution in [0, 0.1) is 5.92 Å². The van der Waals surface area contributed by atoms with Crippen LogP contribution in [0.1, 0.15) is 30.3 Å². The minimum Gasteiger partial charge on any atom is -0.337 e. The molecule has 1 aromatic carbocycles. The number of carbonyl (C=O) groups excluding carboxylic acids is 1. The number of benzene rings is 1. The molecule has 2 unspecified atom stereocenters. The number of amides is 1. The highest BCUT2D eigenvalue weighted by molar-refractivity contribution is 6.31. The van der Waals surface area contributed by atoms with Crippen molar-refractivity contribution in [1.82, 2.24) is 9.88 Å². The van der Waals surface area contributed by atoms with Crippen molar-refractivity contribution in [2.24, 2.45) is 11.7 Å². The van der Waals surface area contributed by atoms with Gasteiger partial charge in [-0.1, -0.05) is 23.7 Å². The molecule has 24 heavy (non-hydrogen) atoms. The maximum Gasteiger partial charge on any atom is 0.272 e. The Balaban J connectivity index is 0.00000144. The Morgan fingerprint density at radius 3 is 2.75 bits per heavy atom. The van der Waals surface area contributed by atoms with Gasteiger partial charge in [0.05, 0.1) is 5.52 Å². The van der Waals surface area contributed by atoms with E-state index >= 15 is 0 Å². The molecule has 0 saturated carbocycles. The number of hydrogen-bond donors (Lipinski definition) is 1. The Labute approximate surface area is 159 Å². The largest absolute Gasteiger partial charge is 0.337 e. The topological polar surface area (TPSA) is 59.2 Å². The van der Waals surface area contributed by atoms with Gasteiger partial charge in [-0.3, -0.25) is 4.79 Å². The molecule has 1 aliphatic heterocycles. The second-order valence-electron chi connectivity index (χ2n) is 6.05. The summed E-state index contributed by atoms with van der Waals surface area (Å²) in [5.74, 6) is 0.347. The van der Waals surface area contributed by atoms with E-state index in [0.717, 1.165) is 30.3 Å². The molecular formula is C17H22Cl3N3O. The molecule has 2 atom stereocenters. The first-order chi connectivity index (χ1) is 10.5. The molecule has 1 saturated heterocycles. The van der Waals surface area contributed by atoms with Crippen molar-refractivity contribution in [3.63, 3.8) is 0 Å². The molecule has 2 heterocycles. The Morgan fingerprint density at radius 1 is 1.33 bits per heavy atom. The number of piperidine rings is 1. The lowest BCUT2D eigenvalue weighted by atomic mass is 9.92. The summed E-state index contributed by atoms with van der Waals surface area (Å²) in [6.45, 7) is 3.50. The second kappa shape index (κ2) is 8.86. The molecule has 0 bridgehead atoms. The minimum atomic E-state index is -0.0211. The Hall–Kier alpha value is -1.07. The molecule has 0 spiro atoms. The molecule has 1 fully saturated rings. The molecular weight excluding hydrogens is 369 g/mol. The van der Waals surface area contributed by atoms with Crippen LogP contribution in [-0.2, 0) is 0 Å². The fourth-order valence-corrected chi connectivity index (χ4v) is 3.16. The van der Waals surface area contributed by atoms with E-state index in [9.17, 15) is 4.79 Å². The standard InChI is InChI=1S/C17H20ClN3O.2ClH/c1-11(19)13-3-2-8-21(10-13)17(22)15-7-5-12-4-6-14(18)9-16(12)20-15;;/h4-7,9,11,13H,2-3,8,10,19H2,1H3;2*1H. The van der Waals surface area contributed by atoms with Gasteiger partial charge in [0, 0.05) is 29.5 Å².